The quantitative estimate of drug-likeness (QED) is 0.209. The summed E-state index contributed by atoms with van der Waals surface area (Å²) in [5.41, 5.74) is 2.24. The van der Waals surface area contributed by atoms with Gasteiger partial charge in [-0.2, -0.15) is 4.99 Å². The van der Waals surface area contributed by atoms with Crippen molar-refractivity contribution in [2.75, 3.05) is 6.61 Å². The minimum absolute atomic E-state index is 0.0495. The first kappa shape index (κ1) is 26.7. The van der Waals surface area contributed by atoms with Gasteiger partial charge in [0.1, 0.15) is 16.9 Å². The minimum atomic E-state index is -0.692. The first-order chi connectivity index (χ1) is 19.5. The number of nitrogens with zero attached hydrogens (tertiary/aromatic N) is 4. The fraction of sp³-hybridized carbons (Fsp3) is 0.219. The first-order valence-corrected chi connectivity index (χ1v) is 13.4. The molecule has 0 bridgehead atoms. The number of carbonyl (C=O) groups excluding carboxylic acids is 2. The van der Waals surface area contributed by atoms with Gasteiger partial charge >= 0.3 is 5.97 Å². The zero-order valence-electron chi connectivity index (χ0n) is 22.5. The molecule has 2 aromatic carbocycles. The van der Waals surface area contributed by atoms with Crippen molar-refractivity contribution in [3.63, 3.8) is 0 Å². The average molecular weight is 535 g/mol. The summed E-state index contributed by atoms with van der Waals surface area (Å²) in [4.78, 5) is 50.2. The van der Waals surface area contributed by atoms with E-state index in [9.17, 15) is 14.4 Å². The highest BCUT2D eigenvalue weighted by molar-refractivity contribution is 5.94. The monoisotopic (exact) mass is 534 g/mol. The highest BCUT2D eigenvalue weighted by atomic mass is 16.5. The highest BCUT2D eigenvalue weighted by Gasteiger charge is 2.25. The maximum atomic E-state index is 14.1. The van der Waals surface area contributed by atoms with E-state index in [0.717, 1.165) is 24.0 Å². The molecule has 0 atom stereocenters. The third-order valence-electron chi connectivity index (χ3n) is 6.75. The van der Waals surface area contributed by atoms with Crippen LogP contribution in [-0.4, -0.2) is 32.4 Å². The Morgan fingerprint density at radius 1 is 0.925 bits per heavy atom. The van der Waals surface area contributed by atoms with Crippen LogP contribution in [0.1, 0.15) is 54.1 Å². The van der Waals surface area contributed by atoms with Crippen LogP contribution >= 0.6 is 0 Å². The lowest BCUT2D eigenvalue weighted by molar-refractivity contribution is -0.118. The van der Waals surface area contributed by atoms with Gasteiger partial charge in [0.15, 0.2) is 5.49 Å². The molecule has 0 saturated heterocycles. The fourth-order valence-corrected chi connectivity index (χ4v) is 4.82. The van der Waals surface area contributed by atoms with E-state index >= 15 is 0 Å². The Hall–Kier alpha value is -4.85. The maximum Gasteiger partial charge on any atom is 0.341 e. The van der Waals surface area contributed by atoms with Gasteiger partial charge in [0.2, 0.25) is 0 Å². The summed E-state index contributed by atoms with van der Waals surface area (Å²) < 4.78 is 8.51. The van der Waals surface area contributed by atoms with Crippen molar-refractivity contribution in [3.05, 3.63) is 124 Å². The number of hydrogen-bond acceptors (Lipinski definition) is 5. The van der Waals surface area contributed by atoms with Crippen molar-refractivity contribution in [2.24, 2.45) is 4.99 Å². The molecule has 8 nitrogen and oxygen atoms in total. The van der Waals surface area contributed by atoms with Crippen molar-refractivity contribution in [2.45, 2.75) is 39.2 Å². The van der Waals surface area contributed by atoms with E-state index in [1.807, 2.05) is 67.6 Å². The number of fused-ring (bicyclic) bond motifs is 2. The van der Waals surface area contributed by atoms with E-state index in [2.05, 4.69) is 4.99 Å². The summed E-state index contributed by atoms with van der Waals surface area (Å²) in [7, 11) is 0. The Labute approximate surface area is 231 Å². The number of esters is 1. The molecule has 0 unspecified atom stereocenters. The van der Waals surface area contributed by atoms with Gasteiger partial charge < -0.3 is 9.30 Å². The summed E-state index contributed by atoms with van der Waals surface area (Å²) in [6.07, 6.45) is 3.20. The number of aryl methyl sites for hydroxylation is 1. The van der Waals surface area contributed by atoms with Gasteiger partial charge in [-0.05, 0) is 42.7 Å². The van der Waals surface area contributed by atoms with Crippen molar-refractivity contribution >= 4 is 28.6 Å². The van der Waals surface area contributed by atoms with E-state index in [4.69, 9.17) is 9.72 Å². The second-order valence-electron chi connectivity index (χ2n) is 9.39. The molecule has 1 amide bonds. The molecule has 40 heavy (non-hydrogen) atoms. The standard InChI is InChI=1S/C32H30N4O4/c1-3-5-19-36-28-24(31(38)35-20-13-12-18-26(35)33-28)21-25(32(39)40-4-2)29(36)34-30(37)27(22-14-8-6-9-15-22)23-16-10-7-11-17-23/h6-18,20-21,27H,3-5,19H2,1-2H3. The van der Waals surface area contributed by atoms with Crippen LogP contribution in [-0.2, 0) is 16.1 Å². The van der Waals surface area contributed by atoms with Crippen molar-refractivity contribution < 1.29 is 14.3 Å². The molecule has 3 heterocycles. The molecule has 0 N–H and O–H groups in total. The minimum Gasteiger partial charge on any atom is -0.462 e. The van der Waals surface area contributed by atoms with E-state index < -0.39 is 17.8 Å². The molecule has 202 valence electrons. The van der Waals surface area contributed by atoms with Gasteiger partial charge in [-0.15, -0.1) is 0 Å². The predicted octanol–water partition coefficient (Wildman–Crippen LogP) is 4.89. The molecule has 3 aromatic heterocycles. The van der Waals surface area contributed by atoms with Gasteiger partial charge in [0.05, 0.1) is 17.9 Å². The highest BCUT2D eigenvalue weighted by Crippen LogP contribution is 2.26. The second kappa shape index (κ2) is 11.9. The van der Waals surface area contributed by atoms with Crippen LogP contribution in [0.5, 0.6) is 0 Å². The zero-order chi connectivity index (χ0) is 28.1. The number of hydrogen-bond donors (Lipinski definition) is 0. The smallest absolute Gasteiger partial charge is 0.341 e. The molecule has 5 aromatic rings. The summed E-state index contributed by atoms with van der Waals surface area (Å²) in [6, 6.07) is 25.6. The van der Waals surface area contributed by atoms with Gasteiger partial charge in [-0.3, -0.25) is 14.0 Å². The van der Waals surface area contributed by atoms with E-state index in [1.54, 1.807) is 35.9 Å². The average Bonchev–Trinajstić information content (AvgIpc) is 2.98. The Balaban J connectivity index is 1.84. The van der Waals surface area contributed by atoms with Crippen LogP contribution in [0.25, 0.3) is 16.7 Å². The lowest BCUT2D eigenvalue weighted by Gasteiger charge is -2.17. The molecular weight excluding hydrogens is 504 g/mol. The number of unbranched alkanes of at least 4 members (excludes halogenated alkanes) is 1. The predicted molar refractivity (Wildman–Crippen MR) is 153 cm³/mol. The number of rotatable bonds is 8. The molecule has 0 aliphatic carbocycles. The van der Waals surface area contributed by atoms with Crippen molar-refractivity contribution in [3.8, 4) is 0 Å². The lowest BCUT2D eigenvalue weighted by Crippen LogP contribution is -2.33. The van der Waals surface area contributed by atoms with Crippen molar-refractivity contribution in [1.29, 1.82) is 0 Å². The number of aromatic nitrogens is 3. The number of carbonyl (C=O) groups is 2. The molecular formula is C32H30N4O4. The number of benzene rings is 2. The molecule has 0 spiro atoms. The number of amides is 1. The van der Waals surface area contributed by atoms with E-state index in [0.29, 0.717) is 17.8 Å². The SMILES string of the molecule is CCCCn1c(=NC(=O)C(c2ccccc2)c2ccccc2)c(C(=O)OCC)cc2c(=O)n3ccccc3nc21. The number of ether oxygens (including phenoxy) is 1. The molecule has 0 aliphatic heterocycles. The van der Waals surface area contributed by atoms with Gasteiger partial charge in [0, 0.05) is 12.7 Å². The Morgan fingerprint density at radius 3 is 2.20 bits per heavy atom. The zero-order valence-corrected chi connectivity index (χ0v) is 22.5. The molecule has 0 radical (unpaired) electrons. The van der Waals surface area contributed by atoms with Crippen LogP contribution in [0, 0.1) is 0 Å². The molecule has 8 heteroatoms. The first-order valence-electron chi connectivity index (χ1n) is 13.4. The third kappa shape index (κ3) is 5.20. The Morgan fingerprint density at radius 2 is 1.57 bits per heavy atom. The normalized spacial score (nSPS) is 11.8. The number of pyridine rings is 2. The van der Waals surface area contributed by atoms with Crippen LogP contribution < -0.4 is 11.0 Å². The summed E-state index contributed by atoms with van der Waals surface area (Å²) in [5.74, 6) is -1.79. The third-order valence-corrected chi connectivity index (χ3v) is 6.75. The molecule has 5 rings (SSSR count). The molecule has 0 aliphatic rings. The van der Waals surface area contributed by atoms with Crippen LogP contribution in [0.4, 0.5) is 0 Å². The molecule has 0 fully saturated rings. The second-order valence-corrected chi connectivity index (χ2v) is 9.39. The summed E-state index contributed by atoms with van der Waals surface area (Å²) >= 11 is 0. The topological polar surface area (TPSA) is 95.0 Å². The van der Waals surface area contributed by atoms with Gasteiger partial charge in [-0.25, -0.2) is 9.78 Å². The van der Waals surface area contributed by atoms with E-state index in [1.165, 1.54) is 10.5 Å². The van der Waals surface area contributed by atoms with Crippen LogP contribution in [0.2, 0.25) is 0 Å². The van der Waals surface area contributed by atoms with Crippen LogP contribution in [0.15, 0.2) is 101 Å². The van der Waals surface area contributed by atoms with Gasteiger partial charge in [-0.1, -0.05) is 80.1 Å². The van der Waals surface area contributed by atoms with Gasteiger partial charge in [0.25, 0.3) is 11.5 Å². The maximum absolute atomic E-state index is 14.1. The summed E-state index contributed by atoms with van der Waals surface area (Å²) in [5, 5.41) is 0.247. The van der Waals surface area contributed by atoms with Crippen LogP contribution in [0.3, 0.4) is 0 Å². The molecule has 0 saturated carbocycles. The van der Waals surface area contributed by atoms with Crippen molar-refractivity contribution in [1.82, 2.24) is 14.0 Å². The fourth-order valence-electron chi connectivity index (χ4n) is 4.82. The lowest BCUT2D eigenvalue weighted by atomic mass is 9.91. The Kier molecular flexibility index (Phi) is 7.96. The van der Waals surface area contributed by atoms with E-state index in [-0.39, 0.29) is 28.6 Å². The summed E-state index contributed by atoms with van der Waals surface area (Å²) in [6.45, 7) is 4.28. The Bertz CT molecular complexity index is 1770. The largest absolute Gasteiger partial charge is 0.462 e.